The summed E-state index contributed by atoms with van der Waals surface area (Å²) in [5, 5.41) is 15.0. The molecule has 0 spiro atoms. The Bertz CT molecular complexity index is 1350. The first-order valence-electron chi connectivity index (χ1n) is 10.1. The van der Waals surface area contributed by atoms with Crippen LogP contribution in [0.2, 0.25) is 0 Å². The molecule has 32 heavy (non-hydrogen) atoms. The highest BCUT2D eigenvalue weighted by Gasteiger charge is 2.16. The number of nitrogens with zero attached hydrogens (tertiary/aromatic N) is 2. The first-order chi connectivity index (χ1) is 15.8. The van der Waals surface area contributed by atoms with Gasteiger partial charge in [-0.05, 0) is 39.9 Å². The van der Waals surface area contributed by atoms with Crippen LogP contribution in [0.25, 0.3) is 21.5 Å². The predicted octanol–water partition coefficient (Wildman–Crippen LogP) is 5.46. The summed E-state index contributed by atoms with van der Waals surface area (Å²) in [7, 11) is 0. The maximum atomic E-state index is 13.0. The van der Waals surface area contributed by atoms with E-state index < -0.39 is 0 Å². The molecule has 2 heterocycles. The van der Waals surface area contributed by atoms with Crippen LogP contribution >= 0.6 is 11.3 Å². The highest BCUT2D eigenvalue weighted by molar-refractivity contribution is 7.13. The van der Waals surface area contributed by atoms with Crippen molar-refractivity contribution in [1.29, 1.82) is 0 Å². The van der Waals surface area contributed by atoms with Crippen LogP contribution in [0.1, 0.15) is 21.8 Å². The molecular weight excluding hydrogens is 422 g/mol. The van der Waals surface area contributed by atoms with E-state index in [0.717, 1.165) is 21.2 Å². The molecule has 0 unspecified atom stereocenters. The Hall–Kier alpha value is -3.97. The Morgan fingerprint density at radius 3 is 2.50 bits per heavy atom. The minimum absolute atomic E-state index is 0.0652. The van der Waals surface area contributed by atoms with E-state index in [2.05, 4.69) is 15.5 Å². The second kappa shape index (κ2) is 9.03. The lowest BCUT2D eigenvalue weighted by Crippen LogP contribution is -2.23. The Morgan fingerprint density at radius 2 is 1.72 bits per heavy atom. The van der Waals surface area contributed by atoms with E-state index in [9.17, 15) is 4.79 Å². The van der Waals surface area contributed by atoms with Crippen molar-refractivity contribution in [2.45, 2.75) is 13.2 Å². The van der Waals surface area contributed by atoms with Gasteiger partial charge in [-0.2, -0.15) is 0 Å². The zero-order chi connectivity index (χ0) is 21.8. The molecule has 1 N–H and O–H groups in total. The molecule has 2 aromatic heterocycles. The second-order valence-electron chi connectivity index (χ2n) is 7.13. The zero-order valence-corrected chi connectivity index (χ0v) is 17.8. The number of rotatable bonds is 7. The molecular formula is C25H19N3O3S. The summed E-state index contributed by atoms with van der Waals surface area (Å²) in [5.41, 5.74) is 1.48. The van der Waals surface area contributed by atoms with Crippen LogP contribution in [0, 0.1) is 0 Å². The predicted molar refractivity (Wildman–Crippen MR) is 124 cm³/mol. The van der Waals surface area contributed by atoms with Crippen LogP contribution in [0.3, 0.4) is 0 Å². The number of hydrogen-bond donors (Lipinski definition) is 1. The van der Waals surface area contributed by atoms with Crippen molar-refractivity contribution in [3.63, 3.8) is 0 Å². The van der Waals surface area contributed by atoms with Gasteiger partial charge in [-0.3, -0.25) is 4.79 Å². The number of fused-ring (bicyclic) bond motifs is 1. The lowest BCUT2D eigenvalue weighted by atomic mass is 10.1. The summed E-state index contributed by atoms with van der Waals surface area (Å²) in [5.74, 6) is 1.06. The maximum absolute atomic E-state index is 13.0. The zero-order valence-electron chi connectivity index (χ0n) is 17.0. The number of ether oxygens (including phenoxy) is 1. The molecule has 0 saturated heterocycles. The maximum Gasteiger partial charge on any atom is 0.257 e. The first kappa shape index (κ1) is 20.0. The van der Waals surface area contributed by atoms with Crippen molar-refractivity contribution in [2.24, 2.45) is 0 Å². The lowest BCUT2D eigenvalue weighted by molar-refractivity contribution is 0.0946. The average molecular weight is 442 g/mol. The summed E-state index contributed by atoms with van der Waals surface area (Å²) in [6.45, 7) is 0.495. The topological polar surface area (TPSA) is 77.2 Å². The van der Waals surface area contributed by atoms with Gasteiger partial charge >= 0.3 is 0 Å². The molecule has 5 rings (SSSR count). The number of nitrogens with one attached hydrogen (secondary N) is 1. The SMILES string of the molecule is O=C(NCc1ccccc1)c1cc2ccccc2cc1OCc1nnc(-c2cccs2)o1. The Labute approximate surface area is 188 Å². The lowest BCUT2D eigenvalue weighted by Gasteiger charge is -2.12. The van der Waals surface area contributed by atoms with Gasteiger partial charge in [0.1, 0.15) is 5.75 Å². The minimum atomic E-state index is -0.209. The molecule has 0 aliphatic rings. The van der Waals surface area contributed by atoms with Crippen molar-refractivity contribution >= 4 is 28.0 Å². The number of amides is 1. The highest BCUT2D eigenvalue weighted by Crippen LogP contribution is 2.28. The Morgan fingerprint density at radius 1 is 0.938 bits per heavy atom. The number of benzene rings is 3. The van der Waals surface area contributed by atoms with Crippen molar-refractivity contribution < 1.29 is 13.9 Å². The number of aromatic nitrogens is 2. The molecule has 0 bridgehead atoms. The summed E-state index contributed by atoms with van der Waals surface area (Å²) in [6.07, 6.45) is 0. The monoisotopic (exact) mass is 441 g/mol. The highest BCUT2D eigenvalue weighted by atomic mass is 32.1. The van der Waals surface area contributed by atoms with Gasteiger partial charge in [0.05, 0.1) is 10.4 Å². The summed E-state index contributed by atoms with van der Waals surface area (Å²) < 4.78 is 11.7. The average Bonchev–Trinajstić information content (AvgIpc) is 3.53. The van der Waals surface area contributed by atoms with Crippen molar-refractivity contribution in [3.05, 3.63) is 101 Å². The number of carbonyl (C=O) groups excluding carboxylic acids is 1. The largest absolute Gasteiger partial charge is 0.483 e. The van der Waals surface area contributed by atoms with E-state index in [0.29, 0.717) is 29.6 Å². The van der Waals surface area contributed by atoms with Crippen LogP contribution in [0.15, 0.2) is 88.7 Å². The van der Waals surface area contributed by atoms with Crippen LogP contribution in [0.4, 0.5) is 0 Å². The van der Waals surface area contributed by atoms with Gasteiger partial charge in [0.15, 0.2) is 6.61 Å². The van der Waals surface area contributed by atoms with Crippen LogP contribution < -0.4 is 10.1 Å². The molecule has 5 aromatic rings. The van der Waals surface area contributed by atoms with Gasteiger partial charge < -0.3 is 14.5 Å². The molecule has 7 heteroatoms. The smallest absolute Gasteiger partial charge is 0.257 e. The van der Waals surface area contributed by atoms with Gasteiger partial charge in [-0.25, -0.2) is 0 Å². The number of hydrogen-bond acceptors (Lipinski definition) is 6. The molecule has 3 aromatic carbocycles. The summed E-state index contributed by atoms with van der Waals surface area (Å²) in [4.78, 5) is 13.9. The van der Waals surface area contributed by atoms with E-state index in [1.807, 2.05) is 84.2 Å². The third-order valence-electron chi connectivity index (χ3n) is 4.94. The molecule has 0 atom stereocenters. The molecule has 0 aliphatic carbocycles. The fourth-order valence-corrected chi connectivity index (χ4v) is 3.99. The van der Waals surface area contributed by atoms with Gasteiger partial charge in [0, 0.05) is 6.54 Å². The molecule has 0 aliphatic heterocycles. The van der Waals surface area contributed by atoms with Crippen LogP contribution in [-0.4, -0.2) is 16.1 Å². The van der Waals surface area contributed by atoms with Crippen LogP contribution in [0.5, 0.6) is 5.75 Å². The molecule has 1 amide bonds. The third-order valence-corrected chi connectivity index (χ3v) is 5.80. The molecule has 0 saturated carbocycles. The first-order valence-corrected chi connectivity index (χ1v) is 11.0. The van der Waals surface area contributed by atoms with E-state index in [1.165, 1.54) is 11.3 Å². The molecule has 0 radical (unpaired) electrons. The quantitative estimate of drug-likeness (QED) is 0.363. The molecule has 0 fully saturated rings. The van der Waals surface area contributed by atoms with E-state index in [4.69, 9.17) is 9.15 Å². The van der Waals surface area contributed by atoms with Crippen molar-refractivity contribution in [1.82, 2.24) is 15.5 Å². The van der Waals surface area contributed by atoms with E-state index in [1.54, 1.807) is 0 Å². The minimum Gasteiger partial charge on any atom is -0.483 e. The van der Waals surface area contributed by atoms with Crippen molar-refractivity contribution in [2.75, 3.05) is 0 Å². The van der Waals surface area contributed by atoms with Crippen LogP contribution in [-0.2, 0) is 13.2 Å². The molecule has 158 valence electrons. The van der Waals surface area contributed by atoms with Gasteiger partial charge in [-0.15, -0.1) is 21.5 Å². The van der Waals surface area contributed by atoms with Crippen molar-refractivity contribution in [3.8, 4) is 16.5 Å². The normalized spacial score (nSPS) is 10.9. The van der Waals surface area contributed by atoms with Gasteiger partial charge in [0.2, 0.25) is 0 Å². The summed E-state index contributed by atoms with van der Waals surface area (Å²) in [6, 6.07) is 25.2. The Kier molecular flexibility index (Phi) is 5.63. The fraction of sp³-hybridized carbons (Fsp3) is 0.0800. The fourth-order valence-electron chi connectivity index (χ4n) is 3.34. The van der Waals surface area contributed by atoms with Gasteiger partial charge in [0.25, 0.3) is 17.7 Å². The number of thiophene rings is 1. The second-order valence-corrected chi connectivity index (χ2v) is 8.08. The Balaban J connectivity index is 1.38. The third kappa shape index (κ3) is 4.38. The summed E-state index contributed by atoms with van der Waals surface area (Å²) >= 11 is 1.53. The standard InChI is InChI=1S/C25H19N3O3S/c29-24(26-15-17-7-2-1-3-8-17)20-13-18-9-4-5-10-19(18)14-21(20)30-16-23-27-28-25(31-23)22-11-6-12-32-22/h1-14H,15-16H2,(H,26,29). The van der Waals surface area contributed by atoms with E-state index >= 15 is 0 Å². The molecule has 6 nitrogen and oxygen atoms in total. The van der Waals surface area contributed by atoms with Gasteiger partial charge in [-0.1, -0.05) is 60.7 Å². The number of carbonyl (C=O) groups is 1. The van der Waals surface area contributed by atoms with E-state index in [-0.39, 0.29) is 12.5 Å².